The van der Waals surface area contributed by atoms with Gasteiger partial charge in [-0.15, -0.1) is 0 Å². The predicted molar refractivity (Wildman–Crippen MR) is 85.5 cm³/mol. The van der Waals surface area contributed by atoms with Gasteiger partial charge in [-0.25, -0.2) is 0 Å². The highest BCUT2D eigenvalue weighted by atomic mass is 16.3. The van der Waals surface area contributed by atoms with E-state index in [2.05, 4.69) is 10.6 Å². The number of hydrogen-bond acceptors (Lipinski definition) is 3. The highest BCUT2D eigenvalue weighted by Gasteiger charge is 2.42. The SMILES string of the molecule is O=C(N[C@]1(c2ccccc2)CCNC[C@H]1O)c1ccccc1. The van der Waals surface area contributed by atoms with Crippen molar-refractivity contribution in [1.29, 1.82) is 0 Å². The van der Waals surface area contributed by atoms with Gasteiger partial charge in [0.25, 0.3) is 5.91 Å². The third-order valence-electron chi connectivity index (χ3n) is 4.26. The zero-order valence-corrected chi connectivity index (χ0v) is 12.3. The van der Waals surface area contributed by atoms with Crippen molar-refractivity contribution >= 4 is 5.91 Å². The van der Waals surface area contributed by atoms with E-state index in [1.165, 1.54) is 0 Å². The Hall–Kier alpha value is -2.17. The minimum atomic E-state index is -0.751. The van der Waals surface area contributed by atoms with Gasteiger partial charge in [-0.05, 0) is 30.7 Å². The third-order valence-corrected chi connectivity index (χ3v) is 4.26. The Bertz CT molecular complexity index is 630. The van der Waals surface area contributed by atoms with Gasteiger partial charge in [-0.3, -0.25) is 4.79 Å². The summed E-state index contributed by atoms with van der Waals surface area (Å²) in [6.45, 7) is 1.21. The van der Waals surface area contributed by atoms with Crippen LogP contribution in [0.1, 0.15) is 22.3 Å². The Balaban J connectivity index is 1.94. The number of aliphatic hydroxyl groups excluding tert-OH is 1. The number of carbonyl (C=O) groups excluding carboxylic acids is 1. The second-order valence-corrected chi connectivity index (χ2v) is 5.63. The first-order chi connectivity index (χ1) is 10.7. The molecular weight excluding hydrogens is 276 g/mol. The normalized spacial score (nSPS) is 24.7. The fraction of sp³-hybridized carbons (Fsp3) is 0.278. The number of β-amino-alcohol motifs (C(OH)–C–C–N with tert-alkyl or cyclic N) is 1. The van der Waals surface area contributed by atoms with Gasteiger partial charge in [0.05, 0.1) is 11.6 Å². The van der Waals surface area contributed by atoms with E-state index in [1.54, 1.807) is 12.1 Å². The lowest BCUT2D eigenvalue weighted by atomic mass is 9.79. The molecule has 0 spiro atoms. The third kappa shape index (κ3) is 2.75. The zero-order chi connectivity index (χ0) is 15.4. The molecule has 22 heavy (non-hydrogen) atoms. The summed E-state index contributed by atoms with van der Waals surface area (Å²) in [5, 5.41) is 16.8. The molecule has 1 aliphatic rings. The second-order valence-electron chi connectivity index (χ2n) is 5.63. The number of aliphatic hydroxyl groups is 1. The number of carbonyl (C=O) groups is 1. The summed E-state index contributed by atoms with van der Waals surface area (Å²) in [5.74, 6) is -0.162. The summed E-state index contributed by atoms with van der Waals surface area (Å²) in [4.78, 5) is 12.6. The predicted octanol–water partition coefficient (Wildman–Crippen LogP) is 1.67. The molecule has 0 aliphatic carbocycles. The van der Waals surface area contributed by atoms with Crippen LogP contribution in [0, 0.1) is 0 Å². The number of piperidine rings is 1. The summed E-state index contributed by atoms with van der Waals surface area (Å²) in [7, 11) is 0. The Morgan fingerprint density at radius 1 is 1.09 bits per heavy atom. The number of amides is 1. The Kier molecular flexibility index (Phi) is 4.22. The summed E-state index contributed by atoms with van der Waals surface area (Å²) >= 11 is 0. The summed E-state index contributed by atoms with van der Waals surface area (Å²) in [5.41, 5.74) is 0.788. The number of nitrogens with one attached hydrogen (secondary N) is 2. The van der Waals surface area contributed by atoms with Crippen LogP contribution in [0.5, 0.6) is 0 Å². The molecule has 4 heteroatoms. The van der Waals surface area contributed by atoms with Crippen LogP contribution in [0.4, 0.5) is 0 Å². The molecule has 0 bridgehead atoms. The molecule has 1 fully saturated rings. The van der Waals surface area contributed by atoms with E-state index in [9.17, 15) is 9.90 Å². The molecule has 4 nitrogen and oxygen atoms in total. The van der Waals surface area contributed by atoms with Gasteiger partial charge in [0.1, 0.15) is 0 Å². The van der Waals surface area contributed by atoms with Crippen LogP contribution in [-0.4, -0.2) is 30.2 Å². The van der Waals surface area contributed by atoms with Crippen molar-refractivity contribution in [2.45, 2.75) is 18.1 Å². The molecule has 0 saturated carbocycles. The van der Waals surface area contributed by atoms with Crippen LogP contribution in [-0.2, 0) is 5.54 Å². The molecule has 114 valence electrons. The van der Waals surface area contributed by atoms with Gasteiger partial charge in [-0.1, -0.05) is 48.5 Å². The van der Waals surface area contributed by atoms with E-state index in [-0.39, 0.29) is 5.91 Å². The molecule has 0 unspecified atom stereocenters. The number of rotatable bonds is 3. The maximum Gasteiger partial charge on any atom is 0.252 e. The van der Waals surface area contributed by atoms with Crippen molar-refractivity contribution in [3.8, 4) is 0 Å². The molecule has 1 amide bonds. The maximum absolute atomic E-state index is 12.6. The molecule has 1 aliphatic heterocycles. The average Bonchev–Trinajstić information content (AvgIpc) is 2.58. The second kappa shape index (κ2) is 6.30. The highest BCUT2D eigenvalue weighted by Crippen LogP contribution is 2.31. The Morgan fingerprint density at radius 3 is 2.36 bits per heavy atom. The first kappa shape index (κ1) is 14.8. The van der Waals surface area contributed by atoms with Gasteiger partial charge in [0.2, 0.25) is 0 Å². The number of hydrogen-bond donors (Lipinski definition) is 3. The van der Waals surface area contributed by atoms with Crippen LogP contribution in [0.15, 0.2) is 60.7 Å². The molecule has 1 heterocycles. The Labute approximate surface area is 130 Å². The molecule has 1 saturated heterocycles. The lowest BCUT2D eigenvalue weighted by molar-refractivity contribution is 0.0289. The summed E-state index contributed by atoms with van der Waals surface area (Å²) in [6.07, 6.45) is -0.0205. The minimum absolute atomic E-state index is 0.162. The van der Waals surface area contributed by atoms with Gasteiger partial charge in [0, 0.05) is 12.1 Å². The van der Waals surface area contributed by atoms with Crippen LogP contribution in [0.3, 0.4) is 0 Å². The van der Waals surface area contributed by atoms with Crippen molar-refractivity contribution in [2.24, 2.45) is 0 Å². The molecule has 2 aromatic rings. The van der Waals surface area contributed by atoms with Crippen molar-refractivity contribution in [3.63, 3.8) is 0 Å². The van der Waals surface area contributed by atoms with E-state index in [1.807, 2.05) is 48.5 Å². The van der Waals surface area contributed by atoms with Crippen molar-refractivity contribution in [1.82, 2.24) is 10.6 Å². The standard InChI is InChI=1S/C18H20N2O2/c21-16-13-19-12-11-18(16,15-9-5-2-6-10-15)20-17(22)14-7-3-1-4-8-14/h1-10,16,19,21H,11-13H2,(H,20,22)/t16-,18+/m1/s1. The van der Waals surface area contributed by atoms with Crippen molar-refractivity contribution in [3.05, 3.63) is 71.8 Å². The van der Waals surface area contributed by atoms with Crippen LogP contribution in [0.25, 0.3) is 0 Å². The first-order valence-electron chi connectivity index (χ1n) is 7.54. The average molecular weight is 296 g/mol. The lowest BCUT2D eigenvalue weighted by Gasteiger charge is -2.43. The van der Waals surface area contributed by atoms with Gasteiger partial charge in [-0.2, -0.15) is 0 Å². The summed E-state index contributed by atoms with van der Waals surface area (Å²) < 4.78 is 0. The maximum atomic E-state index is 12.6. The fourth-order valence-corrected chi connectivity index (χ4v) is 3.02. The molecule has 2 atom stereocenters. The van der Waals surface area contributed by atoms with E-state index in [0.717, 1.165) is 12.1 Å². The van der Waals surface area contributed by atoms with Gasteiger partial charge < -0.3 is 15.7 Å². The van der Waals surface area contributed by atoms with Crippen molar-refractivity contribution in [2.75, 3.05) is 13.1 Å². The minimum Gasteiger partial charge on any atom is -0.389 e. The molecular formula is C18H20N2O2. The van der Waals surface area contributed by atoms with Crippen LogP contribution in [0.2, 0.25) is 0 Å². The van der Waals surface area contributed by atoms with Crippen LogP contribution < -0.4 is 10.6 Å². The molecule has 0 aromatic heterocycles. The zero-order valence-electron chi connectivity index (χ0n) is 12.3. The quantitative estimate of drug-likeness (QED) is 0.807. The smallest absolute Gasteiger partial charge is 0.252 e. The fourth-order valence-electron chi connectivity index (χ4n) is 3.02. The number of benzene rings is 2. The van der Waals surface area contributed by atoms with Gasteiger partial charge >= 0.3 is 0 Å². The van der Waals surface area contributed by atoms with E-state index < -0.39 is 11.6 Å². The molecule has 2 aromatic carbocycles. The molecule has 3 N–H and O–H groups in total. The van der Waals surface area contributed by atoms with E-state index in [0.29, 0.717) is 18.5 Å². The van der Waals surface area contributed by atoms with Crippen molar-refractivity contribution < 1.29 is 9.90 Å². The lowest BCUT2D eigenvalue weighted by Crippen LogP contribution is -2.61. The van der Waals surface area contributed by atoms with Crippen LogP contribution >= 0.6 is 0 Å². The topological polar surface area (TPSA) is 61.4 Å². The largest absolute Gasteiger partial charge is 0.389 e. The van der Waals surface area contributed by atoms with E-state index >= 15 is 0 Å². The molecule has 3 rings (SSSR count). The summed E-state index contributed by atoms with van der Waals surface area (Å²) in [6, 6.07) is 18.8. The Morgan fingerprint density at radius 2 is 1.73 bits per heavy atom. The highest BCUT2D eigenvalue weighted by molar-refractivity contribution is 5.94. The molecule has 0 radical (unpaired) electrons. The van der Waals surface area contributed by atoms with Gasteiger partial charge in [0.15, 0.2) is 0 Å². The monoisotopic (exact) mass is 296 g/mol. The van der Waals surface area contributed by atoms with E-state index in [4.69, 9.17) is 0 Å². The first-order valence-corrected chi connectivity index (χ1v) is 7.54.